The highest BCUT2D eigenvalue weighted by molar-refractivity contribution is 8.07. The van der Waals surface area contributed by atoms with Crippen molar-refractivity contribution >= 4 is 18.5 Å². The van der Waals surface area contributed by atoms with Crippen LogP contribution in [0, 0.1) is 0 Å². The number of hydrogen-bond donors (Lipinski definition) is 2. The van der Waals surface area contributed by atoms with Crippen LogP contribution in [0.15, 0.2) is 0 Å². The zero-order valence-electron chi connectivity index (χ0n) is 9.33. The molecule has 2 N–H and O–H groups in total. The average molecular weight is 279 g/mol. The van der Waals surface area contributed by atoms with Crippen molar-refractivity contribution in [2.45, 2.75) is 42.5 Å². The minimum Gasteiger partial charge on any atom is -0.324 e. The summed E-state index contributed by atoms with van der Waals surface area (Å²) >= 11 is 4.37. The molecule has 0 aliphatic heterocycles. The second-order valence-electron chi connectivity index (χ2n) is 2.04. The van der Waals surface area contributed by atoms with E-state index in [2.05, 4.69) is 40.0 Å². The molecule has 108 valence electrons. The van der Waals surface area contributed by atoms with Gasteiger partial charge in [-0.3, -0.25) is 0 Å². The standard InChI is InChI=1S/C3H8.C2H7N.C2H7O3PS.3CH4/c2*1-3-2;1-4-6(3,7)5-2;;;/h3H2,1-2H3;3H,1-2H3;1-2H3,(H,3,7);3*1H4. The fraction of sp³-hybridized carbons (Fsp3) is 1.00. The lowest BCUT2D eigenvalue weighted by Crippen LogP contribution is -1.89. The molecule has 0 bridgehead atoms. The molecular formula is C10H34NO3PS. The summed E-state index contributed by atoms with van der Waals surface area (Å²) in [6.45, 7) is 1.43. The van der Waals surface area contributed by atoms with Gasteiger partial charge in [0.15, 0.2) is 0 Å². The zero-order valence-corrected chi connectivity index (χ0v) is 11.0. The molecule has 0 saturated heterocycles. The lowest BCUT2D eigenvalue weighted by atomic mass is 10.6. The van der Waals surface area contributed by atoms with Gasteiger partial charge in [-0.1, -0.05) is 42.5 Å². The van der Waals surface area contributed by atoms with E-state index in [1.54, 1.807) is 0 Å². The van der Waals surface area contributed by atoms with Gasteiger partial charge in [0.2, 0.25) is 0 Å². The Labute approximate surface area is 109 Å². The van der Waals surface area contributed by atoms with Crippen molar-refractivity contribution < 1.29 is 13.9 Å². The Hall–Kier alpha value is 0.490. The van der Waals surface area contributed by atoms with Crippen LogP contribution in [0.25, 0.3) is 0 Å². The molecule has 0 amide bonds. The first-order valence-electron chi connectivity index (χ1n) is 3.98. The van der Waals surface area contributed by atoms with E-state index < -0.39 is 6.72 Å². The van der Waals surface area contributed by atoms with Gasteiger partial charge >= 0.3 is 6.72 Å². The Morgan fingerprint density at radius 1 is 1.06 bits per heavy atom. The van der Waals surface area contributed by atoms with Crippen molar-refractivity contribution in [1.29, 1.82) is 0 Å². The van der Waals surface area contributed by atoms with Gasteiger partial charge < -0.3 is 19.3 Å². The fourth-order valence-electron chi connectivity index (χ4n) is 0.0745. The highest BCUT2D eigenvalue weighted by atomic mass is 32.5. The Bertz CT molecular complexity index is 117. The number of rotatable bonds is 2. The summed E-state index contributed by atoms with van der Waals surface area (Å²) < 4.78 is 8.69. The molecule has 0 atom stereocenters. The first-order chi connectivity index (χ1) is 5.95. The minimum atomic E-state index is -2.82. The van der Waals surface area contributed by atoms with Crippen LogP contribution >= 0.6 is 6.72 Å². The maximum atomic E-state index is 8.61. The predicted octanol–water partition coefficient (Wildman–Crippen LogP) is 3.66. The number of nitrogens with one attached hydrogen (secondary N) is 1. The third-order valence-corrected chi connectivity index (χ3v) is 2.28. The highest BCUT2D eigenvalue weighted by Gasteiger charge is 2.06. The van der Waals surface area contributed by atoms with Crippen LogP contribution in [0.2, 0.25) is 0 Å². The van der Waals surface area contributed by atoms with Crippen LogP contribution in [-0.4, -0.2) is 33.2 Å². The van der Waals surface area contributed by atoms with E-state index in [1.165, 1.54) is 20.6 Å². The molecule has 4 nitrogen and oxygen atoms in total. The van der Waals surface area contributed by atoms with Crippen molar-refractivity contribution in [3.8, 4) is 0 Å². The van der Waals surface area contributed by atoms with E-state index in [0.717, 1.165) is 0 Å². The molecule has 6 heteroatoms. The first-order valence-corrected chi connectivity index (χ1v) is 6.57. The number of hydrogen-bond acceptors (Lipinski definition) is 4. The van der Waals surface area contributed by atoms with Crippen molar-refractivity contribution in [2.75, 3.05) is 28.3 Å². The second kappa shape index (κ2) is 29.6. The maximum absolute atomic E-state index is 8.61. The lowest BCUT2D eigenvalue weighted by molar-refractivity contribution is 0.267. The minimum absolute atomic E-state index is 0. The third kappa shape index (κ3) is 62.6. The maximum Gasteiger partial charge on any atom is 0.323 e. The van der Waals surface area contributed by atoms with Gasteiger partial charge in [-0.05, 0) is 25.9 Å². The molecule has 0 spiro atoms. The molecule has 0 rings (SSSR count). The highest BCUT2D eigenvalue weighted by Crippen LogP contribution is 2.40. The summed E-state index contributed by atoms with van der Waals surface area (Å²) in [7, 11) is 6.37. The van der Waals surface area contributed by atoms with Gasteiger partial charge in [-0.2, -0.15) is 0 Å². The Morgan fingerprint density at radius 2 is 1.19 bits per heavy atom. The summed E-state index contributed by atoms with van der Waals surface area (Å²) in [5.74, 6) is 0. The van der Waals surface area contributed by atoms with Crippen LogP contribution in [0.1, 0.15) is 42.5 Å². The zero-order chi connectivity index (χ0) is 11.3. The van der Waals surface area contributed by atoms with Crippen molar-refractivity contribution in [1.82, 2.24) is 5.32 Å². The van der Waals surface area contributed by atoms with Gasteiger partial charge in [-0.25, -0.2) is 0 Å². The molecular weight excluding hydrogens is 245 g/mol. The molecule has 0 saturated carbocycles. The lowest BCUT2D eigenvalue weighted by Gasteiger charge is -2.06. The van der Waals surface area contributed by atoms with E-state index in [-0.39, 0.29) is 22.3 Å². The van der Waals surface area contributed by atoms with Gasteiger partial charge in [0.1, 0.15) is 0 Å². The molecule has 0 aliphatic carbocycles. The summed E-state index contributed by atoms with van der Waals surface area (Å²) in [6.07, 6.45) is 1.25. The van der Waals surface area contributed by atoms with Crippen LogP contribution in [0.5, 0.6) is 0 Å². The van der Waals surface area contributed by atoms with Crippen LogP contribution < -0.4 is 5.32 Å². The molecule has 0 aliphatic rings. The summed E-state index contributed by atoms with van der Waals surface area (Å²) in [5.41, 5.74) is 0. The van der Waals surface area contributed by atoms with Crippen LogP contribution in [0.4, 0.5) is 0 Å². The van der Waals surface area contributed by atoms with Crippen molar-refractivity contribution in [3.63, 3.8) is 0 Å². The summed E-state index contributed by atoms with van der Waals surface area (Å²) in [4.78, 5) is 8.61. The van der Waals surface area contributed by atoms with Crippen LogP contribution in [-0.2, 0) is 20.9 Å². The monoisotopic (exact) mass is 279 g/mol. The molecule has 0 radical (unpaired) electrons. The van der Waals surface area contributed by atoms with E-state index in [9.17, 15) is 0 Å². The van der Waals surface area contributed by atoms with E-state index in [1.807, 2.05) is 14.1 Å². The quantitative estimate of drug-likeness (QED) is 0.756. The normalized spacial score (nSPS) is 7.44. The second-order valence-corrected chi connectivity index (χ2v) is 5.09. The predicted molar refractivity (Wildman–Crippen MR) is 81.7 cm³/mol. The van der Waals surface area contributed by atoms with Crippen molar-refractivity contribution in [3.05, 3.63) is 0 Å². The molecule has 0 fully saturated rings. The van der Waals surface area contributed by atoms with E-state index >= 15 is 0 Å². The largest absolute Gasteiger partial charge is 0.324 e. The SMILES string of the molecule is C.C.C.CCC.CNC.COP(O)(=S)OC. The summed E-state index contributed by atoms with van der Waals surface area (Å²) in [5, 5.41) is 2.75. The third-order valence-electron chi connectivity index (χ3n) is 0.461. The Balaban J connectivity index is -0.0000000244. The molecule has 0 aromatic heterocycles. The molecule has 0 aromatic carbocycles. The fourth-order valence-corrected chi connectivity index (χ4v) is 0.224. The van der Waals surface area contributed by atoms with Gasteiger partial charge in [0, 0.05) is 14.2 Å². The van der Waals surface area contributed by atoms with Crippen molar-refractivity contribution in [2.24, 2.45) is 0 Å². The smallest absolute Gasteiger partial charge is 0.323 e. The average Bonchev–Trinajstić information content (AvgIpc) is 2.08. The Morgan fingerprint density at radius 3 is 1.19 bits per heavy atom. The topological polar surface area (TPSA) is 50.7 Å². The molecule has 0 aromatic rings. The van der Waals surface area contributed by atoms with Gasteiger partial charge in [-0.15, -0.1) is 0 Å². The summed E-state index contributed by atoms with van der Waals surface area (Å²) in [6, 6.07) is 0. The van der Waals surface area contributed by atoms with Crippen LogP contribution in [0.3, 0.4) is 0 Å². The Kier molecular flexibility index (Phi) is 66.4. The molecule has 0 heterocycles. The van der Waals surface area contributed by atoms with E-state index in [4.69, 9.17) is 4.89 Å². The molecule has 0 unspecified atom stereocenters. The molecule has 16 heavy (non-hydrogen) atoms. The van der Waals surface area contributed by atoms with Gasteiger partial charge in [0.25, 0.3) is 0 Å². The first kappa shape index (κ1) is 36.0. The van der Waals surface area contributed by atoms with E-state index in [0.29, 0.717) is 0 Å². The van der Waals surface area contributed by atoms with Gasteiger partial charge in [0.05, 0.1) is 0 Å².